The van der Waals surface area contributed by atoms with E-state index in [2.05, 4.69) is 66.3 Å². The van der Waals surface area contributed by atoms with E-state index in [0.29, 0.717) is 18.2 Å². The maximum absolute atomic E-state index is 13.8. The van der Waals surface area contributed by atoms with E-state index in [9.17, 15) is 9.59 Å². The molecule has 2 heterocycles. The summed E-state index contributed by atoms with van der Waals surface area (Å²) in [7, 11) is 4.02. The number of nitrogens with two attached hydrogens (primary N) is 1. The summed E-state index contributed by atoms with van der Waals surface area (Å²) in [4.78, 5) is 33.5. The lowest BCUT2D eigenvalue weighted by Gasteiger charge is -2.39. The van der Waals surface area contributed by atoms with Crippen molar-refractivity contribution in [2.45, 2.75) is 77.5 Å². The molecule has 2 aliphatic heterocycles. The highest BCUT2D eigenvalue weighted by atomic mass is 16.5. The number of carbonyl (C=O) groups is 2. The van der Waals surface area contributed by atoms with E-state index >= 15 is 0 Å². The number of morpholine rings is 1. The van der Waals surface area contributed by atoms with Crippen LogP contribution in [0.2, 0.25) is 0 Å². The summed E-state index contributed by atoms with van der Waals surface area (Å²) in [6.07, 6.45) is 5.08. The molecule has 0 spiro atoms. The molecule has 3 N–H and O–H groups in total. The van der Waals surface area contributed by atoms with Crippen molar-refractivity contribution in [2.24, 2.45) is 17.6 Å². The minimum atomic E-state index is -0.207. The second-order valence-electron chi connectivity index (χ2n) is 13.3. The number of nitrogens with zero attached hydrogens (tertiary/aromatic N) is 3. The maximum atomic E-state index is 13.8. The van der Waals surface area contributed by atoms with Gasteiger partial charge in [0, 0.05) is 69.7 Å². The fourth-order valence-corrected chi connectivity index (χ4v) is 7.14. The van der Waals surface area contributed by atoms with E-state index in [-0.39, 0.29) is 35.7 Å². The van der Waals surface area contributed by atoms with Crippen molar-refractivity contribution in [3.63, 3.8) is 0 Å². The summed E-state index contributed by atoms with van der Waals surface area (Å²) in [6, 6.07) is 13.9. The zero-order valence-corrected chi connectivity index (χ0v) is 26.8. The lowest BCUT2D eigenvalue weighted by Crippen LogP contribution is -2.51. The van der Waals surface area contributed by atoms with Crippen LogP contribution in [0.4, 0.5) is 5.69 Å². The van der Waals surface area contributed by atoms with Crippen LogP contribution in [0.3, 0.4) is 0 Å². The fraction of sp³-hybridized carbons (Fsp3) is 0.600. The minimum absolute atomic E-state index is 0.116. The molecule has 3 unspecified atom stereocenters. The Hall–Kier alpha value is -2.94. The number of anilines is 1. The zero-order valence-electron chi connectivity index (χ0n) is 26.8. The average Bonchev–Trinajstić information content (AvgIpc) is 3.01. The van der Waals surface area contributed by atoms with Crippen molar-refractivity contribution in [3.05, 3.63) is 53.1 Å². The molecule has 2 amide bonds. The maximum Gasteiger partial charge on any atom is 0.251 e. The molecule has 0 bridgehead atoms. The highest BCUT2D eigenvalue weighted by Gasteiger charge is 2.36. The lowest BCUT2D eigenvalue weighted by molar-refractivity contribution is -0.141. The Bertz CT molecular complexity index is 1270. The molecular weight excluding hydrogens is 538 g/mol. The van der Waals surface area contributed by atoms with Gasteiger partial charge in [0.25, 0.3) is 5.91 Å². The van der Waals surface area contributed by atoms with Gasteiger partial charge in [-0.05, 0) is 86.3 Å². The molecule has 43 heavy (non-hydrogen) atoms. The molecule has 3 fully saturated rings. The molecule has 2 aromatic rings. The second kappa shape index (κ2) is 13.8. The standard InChI is InChI=1S/C35H51N5O3/c1-23-18-24(2)38(4)35(42)32(23)21-37-34(41)31-19-28(20-33(25(31)3)39(5)30-12-10-29(36)11-13-30)27-8-6-26(7-9-27)22-40-14-16-43-17-15-40/h6-9,19-20,23-24,29-30,32H,10-18,21-22,36H2,1-5H3,(H,37,41). The molecule has 0 radical (unpaired) electrons. The number of likely N-dealkylation sites (tertiary alicyclic amines) is 1. The number of rotatable bonds is 8. The first kappa shape index (κ1) is 31.5. The molecule has 2 aromatic carbocycles. The summed E-state index contributed by atoms with van der Waals surface area (Å²) in [6.45, 7) is 11.0. The van der Waals surface area contributed by atoms with Crippen molar-refractivity contribution in [3.8, 4) is 11.1 Å². The van der Waals surface area contributed by atoms with Gasteiger partial charge in [0.2, 0.25) is 5.91 Å². The van der Waals surface area contributed by atoms with Gasteiger partial charge in [-0.3, -0.25) is 14.5 Å². The van der Waals surface area contributed by atoms with E-state index in [4.69, 9.17) is 10.5 Å². The van der Waals surface area contributed by atoms with Crippen LogP contribution in [0.1, 0.15) is 67.4 Å². The minimum Gasteiger partial charge on any atom is -0.379 e. The summed E-state index contributed by atoms with van der Waals surface area (Å²) in [5.41, 5.74) is 12.3. The Morgan fingerprint density at radius 1 is 1.05 bits per heavy atom. The molecule has 3 atom stereocenters. The zero-order chi connectivity index (χ0) is 30.7. The van der Waals surface area contributed by atoms with Gasteiger partial charge in [0.15, 0.2) is 0 Å². The van der Waals surface area contributed by atoms with Crippen molar-refractivity contribution in [2.75, 3.05) is 51.8 Å². The Balaban J connectivity index is 1.40. The molecular formula is C35H51N5O3. The SMILES string of the molecule is Cc1c(C(=O)NCC2C(=O)N(C)C(C)CC2C)cc(-c2ccc(CN3CCOCC3)cc2)cc1N(C)C1CCC(N)CC1. The molecule has 5 rings (SSSR count). The summed E-state index contributed by atoms with van der Waals surface area (Å²) < 4.78 is 5.50. The average molecular weight is 590 g/mol. The smallest absolute Gasteiger partial charge is 0.251 e. The van der Waals surface area contributed by atoms with Crippen LogP contribution in [0.5, 0.6) is 0 Å². The molecule has 8 nitrogen and oxygen atoms in total. The molecule has 1 aliphatic carbocycles. The number of ether oxygens (including phenoxy) is 1. The van der Waals surface area contributed by atoms with Gasteiger partial charge < -0.3 is 25.6 Å². The van der Waals surface area contributed by atoms with Crippen LogP contribution in [0.15, 0.2) is 36.4 Å². The monoisotopic (exact) mass is 589 g/mol. The topological polar surface area (TPSA) is 91.1 Å². The Morgan fingerprint density at radius 3 is 2.40 bits per heavy atom. The molecule has 0 aromatic heterocycles. The first-order valence-corrected chi connectivity index (χ1v) is 16.2. The number of carbonyl (C=O) groups excluding carboxylic acids is 2. The van der Waals surface area contributed by atoms with Crippen LogP contribution in [0, 0.1) is 18.8 Å². The number of hydrogen-bond donors (Lipinski definition) is 2. The second-order valence-corrected chi connectivity index (χ2v) is 13.3. The van der Waals surface area contributed by atoms with E-state index in [1.807, 2.05) is 24.9 Å². The van der Waals surface area contributed by atoms with Crippen LogP contribution in [0.25, 0.3) is 11.1 Å². The van der Waals surface area contributed by atoms with Crippen LogP contribution >= 0.6 is 0 Å². The van der Waals surface area contributed by atoms with Gasteiger partial charge in [-0.1, -0.05) is 31.2 Å². The highest BCUT2D eigenvalue weighted by molar-refractivity contribution is 5.99. The summed E-state index contributed by atoms with van der Waals surface area (Å²) >= 11 is 0. The fourth-order valence-electron chi connectivity index (χ4n) is 7.14. The third-order valence-corrected chi connectivity index (χ3v) is 10.3. The molecule has 3 aliphatic rings. The third kappa shape index (κ3) is 7.24. The van der Waals surface area contributed by atoms with E-state index in [1.165, 1.54) is 5.56 Å². The van der Waals surface area contributed by atoms with Gasteiger partial charge in [-0.2, -0.15) is 0 Å². The third-order valence-electron chi connectivity index (χ3n) is 10.3. The van der Waals surface area contributed by atoms with Crippen LogP contribution in [-0.2, 0) is 16.1 Å². The first-order valence-electron chi connectivity index (χ1n) is 16.2. The highest BCUT2D eigenvalue weighted by Crippen LogP contribution is 2.35. The number of hydrogen-bond acceptors (Lipinski definition) is 6. The quantitative estimate of drug-likeness (QED) is 0.474. The predicted molar refractivity (Wildman–Crippen MR) is 173 cm³/mol. The van der Waals surface area contributed by atoms with Crippen molar-refractivity contribution in [1.82, 2.24) is 15.1 Å². The number of nitrogens with one attached hydrogen (secondary N) is 1. The predicted octanol–water partition coefficient (Wildman–Crippen LogP) is 4.43. The Kier molecular flexibility index (Phi) is 10.1. The first-order chi connectivity index (χ1) is 20.6. The van der Waals surface area contributed by atoms with E-state index in [0.717, 1.165) is 87.3 Å². The van der Waals surface area contributed by atoms with Gasteiger partial charge in [-0.15, -0.1) is 0 Å². The van der Waals surface area contributed by atoms with Crippen molar-refractivity contribution in [1.29, 1.82) is 0 Å². The van der Waals surface area contributed by atoms with Gasteiger partial charge in [-0.25, -0.2) is 0 Å². The molecule has 1 saturated carbocycles. The van der Waals surface area contributed by atoms with Crippen LogP contribution in [-0.4, -0.2) is 86.7 Å². The molecule has 2 saturated heterocycles. The lowest BCUT2D eigenvalue weighted by atomic mass is 9.83. The number of piperidine rings is 1. The van der Waals surface area contributed by atoms with Crippen LogP contribution < -0.4 is 16.0 Å². The van der Waals surface area contributed by atoms with E-state index in [1.54, 1.807) is 0 Å². The van der Waals surface area contributed by atoms with Crippen molar-refractivity contribution >= 4 is 17.5 Å². The number of benzene rings is 2. The largest absolute Gasteiger partial charge is 0.379 e. The van der Waals surface area contributed by atoms with Gasteiger partial charge in [0.05, 0.1) is 19.1 Å². The Labute approximate surface area is 257 Å². The normalized spacial score (nSPS) is 26.8. The summed E-state index contributed by atoms with van der Waals surface area (Å²) in [5.74, 6) is 0.0121. The Morgan fingerprint density at radius 2 is 1.72 bits per heavy atom. The van der Waals surface area contributed by atoms with Gasteiger partial charge in [0.1, 0.15) is 0 Å². The molecule has 234 valence electrons. The number of amides is 2. The van der Waals surface area contributed by atoms with Gasteiger partial charge >= 0.3 is 0 Å². The van der Waals surface area contributed by atoms with E-state index < -0.39 is 0 Å². The molecule has 8 heteroatoms. The van der Waals surface area contributed by atoms with Crippen molar-refractivity contribution < 1.29 is 14.3 Å². The summed E-state index contributed by atoms with van der Waals surface area (Å²) in [5, 5.41) is 3.15.